The lowest BCUT2D eigenvalue weighted by atomic mass is 9.72. The Bertz CT molecular complexity index is 2510. The highest BCUT2D eigenvalue weighted by molar-refractivity contribution is 7.92. The summed E-state index contributed by atoms with van der Waals surface area (Å²) in [5.41, 5.74) is 6.40. The average molecular weight is 856 g/mol. The number of H-pyrrole nitrogens is 1. The molecule has 0 spiro atoms. The Morgan fingerprint density at radius 1 is 0.950 bits per heavy atom. The van der Waals surface area contributed by atoms with E-state index in [2.05, 4.69) is 50.7 Å². The van der Waals surface area contributed by atoms with Gasteiger partial charge in [0.05, 0.1) is 28.9 Å². The Hall–Kier alpha value is -4.82. The van der Waals surface area contributed by atoms with Crippen molar-refractivity contribution >= 4 is 49.5 Å². The molecular weight excluding hydrogens is 805 g/mol. The SMILES string of the molecule is CC1(C)CCC(CN2CCN(c3ccc(C(=O)CS(=O)(=O)c4cnc(OCC5(C)CCOCC5)c(F)c4)c(Oc4cccc5[nH]cnc45)c3)CC2)=C(c2ccc(Cl)cc2)C1. The Kier molecular flexibility index (Phi) is 12.1. The number of rotatable bonds is 13. The number of halogens is 2. The van der Waals surface area contributed by atoms with E-state index < -0.39 is 32.1 Å². The third-order valence-corrected chi connectivity index (χ3v) is 14.0. The van der Waals surface area contributed by atoms with Crippen LogP contribution in [0.1, 0.15) is 68.8 Å². The fraction of sp³-hybridized carbons (Fsp3) is 0.413. The zero-order valence-corrected chi connectivity index (χ0v) is 35.9. The summed E-state index contributed by atoms with van der Waals surface area (Å²) >= 11 is 6.24. The molecule has 11 nitrogen and oxygen atoms in total. The number of imidazole rings is 1. The van der Waals surface area contributed by atoms with Crippen LogP contribution < -0.4 is 14.4 Å². The van der Waals surface area contributed by atoms with Crippen molar-refractivity contribution in [3.63, 3.8) is 0 Å². The fourth-order valence-electron chi connectivity index (χ4n) is 8.33. The lowest BCUT2D eigenvalue weighted by Gasteiger charge is -2.39. The Morgan fingerprint density at radius 3 is 2.47 bits per heavy atom. The molecule has 3 aromatic carbocycles. The number of ether oxygens (including phenoxy) is 3. The number of carbonyl (C=O) groups is 1. The number of ketones is 1. The molecule has 2 aliphatic heterocycles. The molecule has 0 atom stereocenters. The van der Waals surface area contributed by atoms with Gasteiger partial charge < -0.3 is 24.1 Å². The number of nitrogens with zero attached hydrogens (tertiary/aromatic N) is 4. The molecular formula is C46H51ClFN5O6S. The van der Waals surface area contributed by atoms with Gasteiger partial charge in [0.2, 0.25) is 5.88 Å². The van der Waals surface area contributed by atoms with E-state index in [9.17, 15) is 13.2 Å². The van der Waals surface area contributed by atoms with Gasteiger partial charge in [0.15, 0.2) is 27.2 Å². The van der Waals surface area contributed by atoms with Crippen LogP contribution in [0.4, 0.5) is 10.1 Å². The molecule has 2 saturated heterocycles. The van der Waals surface area contributed by atoms with Gasteiger partial charge in [0, 0.05) is 74.3 Å². The van der Waals surface area contributed by atoms with Crippen molar-refractivity contribution in [2.24, 2.45) is 10.8 Å². The number of para-hydroxylation sites is 1. The lowest BCUT2D eigenvalue weighted by molar-refractivity contribution is -0.00128. The highest BCUT2D eigenvalue weighted by atomic mass is 35.5. The summed E-state index contributed by atoms with van der Waals surface area (Å²) in [4.78, 5) is 29.8. The van der Waals surface area contributed by atoms with E-state index in [1.54, 1.807) is 24.5 Å². The largest absolute Gasteiger partial charge is 0.475 e. The van der Waals surface area contributed by atoms with Crippen LogP contribution in [0.5, 0.6) is 17.4 Å². The maximum atomic E-state index is 15.2. The summed E-state index contributed by atoms with van der Waals surface area (Å²) < 4.78 is 60.0. The molecule has 4 heterocycles. The first-order valence-corrected chi connectivity index (χ1v) is 22.6. The molecule has 5 aromatic rings. The monoisotopic (exact) mass is 855 g/mol. The van der Waals surface area contributed by atoms with Crippen molar-refractivity contribution in [2.45, 2.75) is 57.8 Å². The van der Waals surface area contributed by atoms with Gasteiger partial charge in [-0.05, 0) is 91.1 Å². The highest BCUT2D eigenvalue weighted by Crippen LogP contribution is 2.43. The van der Waals surface area contributed by atoms with Crippen LogP contribution in [0.3, 0.4) is 0 Å². The Balaban J connectivity index is 0.994. The van der Waals surface area contributed by atoms with Crippen molar-refractivity contribution in [1.82, 2.24) is 19.9 Å². The van der Waals surface area contributed by atoms with Gasteiger partial charge in [0.1, 0.15) is 17.0 Å². The fourth-order valence-corrected chi connectivity index (χ4v) is 9.62. The normalized spacial score (nSPS) is 18.4. The van der Waals surface area contributed by atoms with Gasteiger partial charge in [-0.15, -0.1) is 0 Å². The van der Waals surface area contributed by atoms with E-state index in [0.29, 0.717) is 24.5 Å². The number of benzene rings is 3. The Labute approximate surface area is 355 Å². The molecule has 2 fully saturated rings. The van der Waals surface area contributed by atoms with Gasteiger partial charge in [-0.1, -0.05) is 56.1 Å². The standard InChI is InChI=1S/C46H51ClFN5O6S/c1-45(2)14-13-32(37(25-45)31-7-9-33(47)10-8-31)27-52-17-19-53(20-18-52)34-11-12-36(42(23-34)59-41-6-4-5-39-43(41)51-30-50-39)40(54)28-60(55,56)35-24-38(48)44(49-26-35)58-29-46(3)15-21-57-22-16-46/h4-12,23-24,26,30H,13-22,25,27-29H2,1-3H3,(H,50,51). The van der Waals surface area contributed by atoms with Crippen molar-refractivity contribution in [3.05, 3.63) is 107 Å². The first-order valence-electron chi connectivity index (χ1n) is 20.5. The summed E-state index contributed by atoms with van der Waals surface area (Å²) in [5, 5.41) is 0.735. The number of allylic oxidation sites excluding steroid dienone is 1. The smallest absolute Gasteiger partial charge is 0.250 e. The van der Waals surface area contributed by atoms with E-state index in [1.165, 1.54) is 16.7 Å². The second kappa shape index (κ2) is 17.3. The predicted molar refractivity (Wildman–Crippen MR) is 231 cm³/mol. The first-order chi connectivity index (χ1) is 28.7. The van der Waals surface area contributed by atoms with E-state index >= 15 is 4.39 Å². The summed E-state index contributed by atoms with van der Waals surface area (Å²) in [6.45, 7) is 12.2. The molecule has 1 N–H and O–H groups in total. The number of aromatic amines is 1. The zero-order chi connectivity index (χ0) is 42.1. The van der Waals surface area contributed by atoms with Crippen molar-refractivity contribution < 1.29 is 31.8 Å². The van der Waals surface area contributed by atoms with Gasteiger partial charge in [0.25, 0.3) is 0 Å². The van der Waals surface area contributed by atoms with E-state index in [4.69, 9.17) is 25.8 Å². The third-order valence-electron chi connectivity index (χ3n) is 12.1. The molecule has 0 radical (unpaired) electrons. The van der Waals surface area contributed by atoms with Crippen LogP contribution in [0, 0.1) is 16.6 Å². The van der Waals surface area contributed by atoms with E-state index in [-0.39, 0.29) is 34.6 Å². The van der Waals surface area contributed by atoms with Gasteiger partial charge in [-0.25, -0.2) is 22.8 Å². The maximum Gasteiger partial charge on any atom is 0.250 e. The summed E-state index contributed by atoms with van der Waals surface area (Å²) in [6.07, 6.45) is 7.34. The topological polar surface area (TPSA) is 127 Å². The van der Waals surface area contributed by atoms with E-state index in [0.717, 1.165) is 93.3 Å². The average Bonchev–Trinajstić information content (AvgIpc) is 3.72. The first kappa shape index (κ1) is 41.9. The third kappa shape index (κ3) is 9.54. The maximum absolute atomic E-state index is 15.2. The number of Topliss-reactive ketones (excluding diaryl/α,β-unsaturated/α-hetero) is 1. The number of hydrogen-bond donors (Lipinski definition) is 1. The minimum atomic E-state index is -4.31. The quantitative estimate of drug-likeness (QED) is 0.115. The van der Waals surface area contributed by atoms with Crippen LogP contribution in [0.15, 0.2) is 89.7 Å². The molecule has 2 aromatic heterocycles. The summed E-state index contributed by atoms with van der Waals surface area (Å²) in [7, 11) is -4.31. The van der Waals surface area contributed by atoms with Crippen LogP contribution in [-0.4, -0.2) is 92.4 Å². The highest BCUT2D eigenvalue weighted by Gasteiger charge is 2.32. The molecule has 14 heteroatoms. The van der Waals surface area contributed by atoms with Crippen molar-refractivity contribution in [2.75, 3.05) is 63.2 Å². The Morgan fingerprint density at radius 2 is 1.72 bits per heavy atom. The zero-order valence-electron chi connectivity index (χ0n) is 34.3. The lowest BCUT2D eigenvalue weighted by Crippen LogP contribution is -2.47. The molecule has 1 aliphatic carbocycles. The molecule has 0 saturated carbocycles. The minimum absolute atomic E-state index is 0.0773. The van der Waals surface area contributed by atoms with Crippen molar-refractivity contribution in [3.8, 4) is 17.4 Å². The van der Waals surface area contributed by atoms with Gasteiger partial charge >= 0.3 is 0 Å². The number of nitrogens with one attached hydrogen (secondary N) is 1. The molecule has 0 unspecified atom stereocenters. The molecule has 8 rings (SSSR count). The van der Waals surface area contributed by atoms with Crippen LogP contribution in [0.25, 0.3) is 16.6 Å². The minimum Gasteiger partial charge on any atom is -0.475 e. The number of pyridine rings is 1. The number of piperazine rings is 1. The van der Waals surface area contributed by atoms with E-state index in [1.807, 2.05) is 37.3 Å². The number of fused-ring (bicyclic) bond motifs is 1. The number of carbonyl (C=O) groups excluding carboxylic acids is 1. The molecule has 0 bridgehead atoms. The van der Waals surface area contributed by atoms with Gasteiger partial charge in [-0.2, -0.15) is 0 Å². The van der Waals surface area contributed by atoms with Crippen LogP contribution in [0.2, 0.25) is 5.02 Å². The summed E-state index contributed by atoms with van der Waals surface area (Å²) in [6, 6.07) is 19.7. The van der Waals surface area contributed by atoms with Crippen molar-refractivity contribution in [1.29, 1.82) is 0 Å². The second-order valence-corrected chi connectivity index (χ2v) is 19.8. The van der Waals surface area contributed by atoms with Crippen LogP contribution >= 0.6 is 11.6 Å². The number of anilines is 1. The number of sulfone groups is 1. The predicted octanol–water partition coefficient (Wildman–Crippen LogP) is 9.18. The summed E-state index contributed by atoms with van der Waals surface area (Å²) in [5.74, 6) is -2.22. The van der Waals surface area contributed by atoms with Gasteiger partial charge in [-0.3, -0.25) is 9.69 Å². The second-order valence-electron chi connectivity index (χ2n) is 17.4. The van der Waals surface area contributed by atoms with Crippen LogP contribution in [-0.2, 0) is 14.6 Å². The molecule has 60 heavy (non-hydrogen) atoms. The number of aromatic nitrogens is 3. The number of hydrogen-bond acceptors (Lipinski definition) is 10. The molecule has 316 valence electrons. The molecule has 3 aliphatic rings. The molecule has 0 amide bonds.